The molecular formula is C21H18F2N2O4. The van der Waals surface area contributed by atoms with E-state index in [-0.39, 0.29) is 12.5 Å². The fourth-order valence-electron chi connectivity index (χ4n) is 3.37. The predicted molar refractivity (Wildman–Crippen MR) is 99.8 cm³/mol. The molecule has 29 heavy (non-hydrogen) atoms. The van der Waals surface area contributed by atoms with Crippen molar-refractivity contribution in [2.75, 3.05) is 20.8 Å². The predicted octanol–water partition coefficient (Wildman–Crippen LogP) is 3.84. The van der Waals surface area contributed by atoms with E-state index in [9.17, 15) is 13.6 Å². The van der Waals surface area contributed by atoms with Crippen molar-refractivity contribution < 1.29 is 27.6 Å². The lowest BCUT2D eigenvalue weighted by Gasteiger charge is -2.26. The summed E-state index contributed by atoms with van der Waals surface area (Å²) in [6.07, 6.45) is 0.471. The average molecular weight is 400 g/mol. The molecule has 0 unspecified atom stereocenters. The molecule has 2 aromatic carbocycles. The summed E-state index contributed by atoms with van der Waals surface area (Å²) < 4.78 is 42.8. The maximum atomic E-state index is 13.7. The van der Waals surface area contributed by atoms with E-state index >= 15 is 0 Å². The third-order valence-corrected chi connectivity index (χ3v) is 4.91. The van der Waals surface area contributed by atoms with Crippen LogP contribution in [-0.4, -0.2) is 36.7 Å². The number of amides is 1. The first kappa shape index (κ1) is 18.9. The van der Waals surface area contributed by atoms with Gasteiger partial charge in [0.25, 0.3) is 5.91 Å². The van der Waals surface area contributed by atoms with E-state index in [0.717, 1.165) is 12.1 Å². The van der Waals surface area contributed by atoms with Gasteiger partial charge in [-0.2, -0.15) is 0 Å². The highest BCUT2D eigenvalue weighted by Crippen LogP contribution is 2.32. The molecule has 1 aliphatic rings. The Morgan fingerprint density at radius 1 is 1.07 bits per heavy atom. The van der Waals surface area contributed by atoms with E-state index < -0.39 is 11.6 Å². The fourth-order valence-corrected chi connectivity index (χ4v) is 3.37. The molecule has 0 aliphatic carbocycles. The first-order chi connectivity index (χ1) is 14.0. The summed E-state index contributed by atoms with van der Waals surface area (Å²) in [6.45, 7) is 0.684. The van der Waals surface area contributed by atoms with Crippen molar-refractivity contribution in [1.29, 1.82) is 0 Å². The maximum Gasteiger partial charge on any atom is 0.254 e. The molecule has 8 heteroatoms. The average Bonchev–Trinajstić information content (AvgIpc) is 3.18. The van der Waals surface area contributed by atoms with Gasteiger partial charge in [0.05, 0.1) is 20.8 Å². The summed E-state index contributed by atoms with van der Waals surface area (Å²) in [5, 5.41) is 4.02. The van der Waals surface area contributed by atoms with E-state index in [1.807, 2.05) is 0 Å². The lowest BCUT2D eigenvalue weighted by Crippen LogP contribution is -2.35. The van der Waals surface area contributed by atoms with Crippen molar-refractivity contribution in [3.8, 4) is 22.8 Å². The number of rotatable bonds is 4. The lowest BCUT2D eigenvalue weighted by atomic mass is 10.0. The normalized spacial score (nSPS) is 13.2. The van der Waals surface area contributed by atoms with Gasteiger partial charge < -0.3 is 18.9 Å². The van der Waals surface area contributed by atoms with E-state index in [0.29, 0.717) is 52.6 Å². The topological polar surface area (TPSA) is 64.8 Å². The minimum Gasteiger partial charge on any atom is -0.497 e. The summed E-state index contributed by atoms with van der Waals surface area (Å²) in [5.41, 5.74) is 1.91. The molecule has 4 rings (SSSR count). The minimum absolute atomic E-state index is 0.203. The van der Waals surface area contributed by atoms with Gasteiger partial charge >= 0.3 is 0 Å². The van der Waals surface area contributed by atoms with E-state index in [1.165, 1.54) is 20.3 Å². The Kier molecular flexibility index (Phi) is 4.92. The van der Waals surface area contributed by atoms with Crippen molar-refractivity contribution >= 4 is 5.91 Å². The number of carbonyl (C=O) groups excluding carboxylic acids is 1. The number of benzene rings is 2. The van der Waals surface area contributed by atoms with Gasteiger partial charge in [-0.05, 0) is 30.3 Å². The maximum absolute atomic E-state index is 13.7. The molecule has 6 nitrogen and oxygen atoms in total. The van der Waals surface area contributed by atoms with Crippen LogP contribution in [0.1, 0.15) is 21.7 Å². The molecule has 2 heterocycles. The molecule has 1 aliphatic heterocycles. The number of nitrogens with zero attached hydrogens (tertiary/aromatic N) is 2. The van der Waals surface area contributed by atoms with Crippen LogP contribution < -0.4 is 9.47 Å². The SMILES string of the molecule is COc1cc(OC)cc(C(=O)N2CCc3onc(-c4ccc(F)c(F)c4)c3C2)c1. The second-order valence-electron chi connectivity index (χ2n) is 6.64. The molecule has 0 saturated heterocycles. The molecule has 0 saturated carbocycles. The van der Waals surface area contributed by atoms with Crippen LogP contribution in [0, 0.1) is 11.6 Å². The van der Waals surface area contributed by atoms with Crippen LogP contribution in [0.4, 0.5) is 8.78 Å². The lowest BCUT2D eigenvalue weighted by molar-refractivity contribution is 0.0728. The van der Waals surface area contributed by atoms with Gasteiger partial charge in [0, 0.05) is 35.7 Å². The molecule has 0 bridgehead atoms. The number of aromatic nitrogens is 1. The Morgan fingerprint density at radius 2 is 1.79 bits per heavy atom. The standard InChI is InChI=1S/C21H18F2N2O4/c1-27-14-7-13(8-15(10-14)28-2)21(26)25-6-5-19-16(11-25)20(24-29-19)12-3-4-17(22)18(23)9-12/h3-4,7-10H,5-6,11H2,1-2H3. The number of ether oxygens (including phenoxy) is 2. The van der Waals surface area contributed by atoms with Gasteiger partial charge in [-0.25, -0.2) is 8.78 Å². The molecule has 0 atom stereocenters. The highest BCUT2D eigenvalue weighted by atomic mass is 19.2. The Hall–Kier alpha value is -3.42. The Bertz CT molecular complexity index is 1060. The molecule has 0 fully saturated rings. The van der Waals surface area contributed by atoms with Gasteiger partial charge in [-0.15, -0.1) is 0 Å². The zero-order valence-electron chi connectivity index (χ0n) is 15.9. The number of carbonyl (C=O) groups is 1. The van der Waals surface area contributed by atoms with Crippen LogP contribution >= 0.6 is 0 Å². The zero-order valence-corrected chi connectivity index (χ0v) is 15.9. The van der Waals surface area contributed by atoms with Gasteiger partial charge in [0.2, 0.25) is 0 Å². The van der Waals surface area contributed by atoms with Gasteiger partial charge in [-0.3, -0.25) is 4.79 Å². The zero-order chi connectivity index (χ0) is 20.5. The van der Waals surface area contributed by atoms with Crippen molar-refractivity contribution in [3.05, 3.63) is 64.9 Å². The number of hydrogen-bond acceptors (Lipinski definition) is 5. The first-order valence-corrected chi connectivity index (χ1v) is 8.95. The monoisotopic (exact) mass is 400 g/mol. The highest BCUT2D eigenvalue weighted by molar-refractivity contribution is 5.95. The second-order valence-corrected chi connectivity index (χ2v) is 6.64. The van der Waals surface area contributed by atoms with Crippen molar-refractivity contribution in [2.45, 2.75) is 13.0 Å². The van der Waals surface area contributed by atoms with Crippen molar-refractivity contribution in [1.82, 2.24) is 10.1 Å². The van der Waals surface area contributed by atoms with Crippen LogP contribution in [0.5, 0.6) is 11.5 Å². The second kappa shape index (κ2) is 7.54. The molecule has 0 spiro atoms. The molecular weight excluding hydrogens is 382 g/mol. The van der Waals surface area contributed by atoms with Crippen LogP contribution in [0.3, 0.4) is 0 Å². The Morgan fingerprint density at radius 3 is 2.45 bits per heavy atom. The quantitative estimate of drug-likeness (QED) is 0.666. The highest BCUT2D eigenvalue weighted by Gasteiger charge is 2.29. The number of methoxy groups -OCH3 is 2. The number of halogens is 2. The van der Waals surface area contributed by atoms with Gasteiger partial charge in [0.1, 0.15) is 23.0 Å². The smallest absolute Gasteiger partial charge is 0.254 e. The largest absolute Gasteiger partial charge is 0.497 e. The van der Waals surface area contributed by atoms with Crippen LogP contribution in [0.2, 0.25) is 0 Å². The molecule has 0 N–H and O–H groups in total. The molecule has 1 aromatic heterocycles. The van der Waals surface area contributed by atoms with Crippen molar-refractivity contribution in [3.63, 3.8) is 0 Å². The van der Waals surface area contributed by atoms with Crippen LogP contribution in [0.15, 0.2) is 40.9 Å². The summed E-state index contributed by atoms with van der Waals surface area (Å²) in [6, 6.07) is 8.52. The summed E-state index contributed by atoms with van der Waals surface area (Å²) in [7, 11) is 3.03. The van der Waals surface area contributed by atoms with E-state index in [4.69, 9.17) is 14.0 Å². The van der Waals surface area contributed by atoms with E-state index in [2.05, 4.69) is 5.16 Å². The van der Waals surface area contributed by atoms with Gasteiger partial charge in [0.15, 0.2) is 11.6 Å². The molecule has 150 valence electrons. The molecule has 3 aromatic rings. The number of fused-ring (bicyclic) bond motifs is 1. The summed E-state index contributed by atoms with van der Waals surface area (Å²) in [5.74, 6) is -0.445. The molecule has 1 amide bonds. The Balaban J connectivity index is 1.64. The molecule has 0 radical (unpaired) electrons. The fraction of sp³-hybridized carbons (Fsp3) is 0.238. The van der Waals surface area contributed by atoms with Crippen LogP contribution in [-0.2, 0) is 13.0 Å². The number of hydrogen-bond donors (Lipinski definition) is 0. The van der Waals surface area contributed by atoms with Crippen LogP contribution in [0.25, 0.3) is 11.3 Å². The van der Waals surface area contributed by atoms with Crippen molar-refractivity contribution in [2.24, 2.45) is 0 Å². The summed E-state index contributed by atoms with van der Waals surface area (Å²) >= 11 is 0. The van der Waals surface area contributed by atoms with Gasteiger partial charge in [-0.1, -0.05) is 5.16 Å². The first-order valence-electron chi connectivity index (χ1n) is 8.95. The Labute approximate surface area is 165 Å². The minimum atomic E-state index is -0.966. The third kappa shape index (κ3) is 3.53. The third-order valence-electron chi connectivity index (χ3n) is 4.91. The van der Waals surface area contributed by atoms with E-state index in [1.54, 1.807) is 23.1 Å². The summed E-state index contributed by atoms with van der Waals surface area (Å²) in [4.78, 5) is 14.7.